The number of benzene rings is 2. The van der Waals surface area contributed by atoms with Crippen molar-refractivity contribution in [2.45, 2.75) is 39.3 Å². The third-order valence-electron chi connectivity index (χ3n) is 5.78. The second-order valence-electron chi connectivity index (χ2n) is 8.60. The number of urea groups is 1. The predicted octanol–water partition coefficient (Wildman–Crippen LogP) is 4.26. The molecule has 3 rings (SSSR count). The van der Waals surface area contributed by atoms with Crippen LogP contribution in [-0.4, -0.2) is 57.5 Å². The van der Waals surface area contributed by atoms with Gasteiger partial charge in [0, 0.05) is 37.5 Å². The van der Waals surface area contributed by atoms with E-state index in [-0.39, 0.29) is 17.3 Å². The van der Waals surface area contributed by atoms with Gasteiger partial charge in [0.15, 0.2) is 0 Å². The zero-order valence-electron chi connectivity index (χ0n) is 20.6. The summed E-state index contributed by atoms with van der Waals surface area (Å²) >= 11 is 0. The number of carbonyl (C=O) groups excluding carboxylic acids is 1. The molecule has 1 aromatic heterocycles. The highest BCUT2D eigenvalue weighted by atomic mass is 16.6. The molecular weight excluding hydrogens is 448 g/mol. The molecule has 0 fully saturated rings. The highest BCUT2D eigenvalue weighted by Gasteiger charge is 2.28. The number of hydrogen-bond donors (Lipinski definition) is 1. The summed E-state index contributed by atoms with van der Waals surface area (Å²) < 4.78 is 1.68. The van der Waals surface area contributed by atoms with Gasteiger partial charge in [0.2, 0.25) is 0 Å². The molecule has 1 unspecified atom stereocenters. The lowest BCUT2D eigenvalue weighted by Crippen LogP contribution is -2.44. The molecule has 186 valence electrons. The third kappa shape index (κ3) is 6.02. The number of amides is 2. The molecule has 0 spiro atoms. The van der Waals surface area contributed by atoms with E-state index in [2.05, 4.69) is 5.32 Å². The predicted molar refractivity (Wildman–Crippen MR) is 137 cm³/mol. The van der Waals surface area contributed by atoms with Crippen LogP contribution in [-0.2, 0) is 6.54 Å². The molecule has 10 heteroatoms. The van der Waals surface area contributed by atoms with Crippen LogP contribution >= 0.6 is 0 Å². The molecule has 0 radical (unpaired) electrons. The fourth-order valence-electron chi connectivity index (χ4n) is 3.99. The summed E-state index contributed by atoms with van der Waals surface area (Å²) in [5, 5.41) is 14.4. The van der Waals surface area contributed by atoms with Crippen LogP contribution in [0.25, 0.3) is 10.9 Å². The maximum Gasteiger partial charge on any atom is 0.322 e. The quantitative estimate of drug-likeness (QED) is 0.343. The van der Waals surface area contributed by atoms with Gasteiger partial charge in [-0.3, -0.25) is 19.5 Å². The number of nitro groups is 1. The number of carbonyl (C=O) groups is 1. The van der Waals surface area contributed by atoms with Crippen LogP contribution < -0.4 is 10.9 Å². The first-order chi connectivity index (χ1) is 16.8. The van der Waals surface area contributed by atoms with Crippen LogP contribution in [0.1, 0.15) is 38.6 Å². The van der Waals surface area contributed by atoms with E-state index in [0.717, 1.165) is 6.42 Å². The van der Waals surface area contributed by atoms with E-state index >= 15 is 0 Å². The Balaban J connectivity index is 2.03. The second-order valence-corrected chi connectivity index (χ2v) is 8.60. The Morgan fingerprint density at radius 1 is 1.11 bits per heavy atom. The number of anilines is 1. The Bertz CT molecular complexity index is 1240. The summed E-state index contributed by atoms with van der Waals surface area (Å²) in [5.41, 5.74) is 0.876. The minimum absolute atomic E-state index is 0.0529. The number of fused-ring (bicyclic) bond motifs is 1. The number of nitrogens with one attached hydrogen (secondary N) is 1. The summed E-state index contributed by atoms with van der Waals surface area (Å²) in [6.45, 7) is 5.46. The smallest absolute Gasteiger partial charge is 0.313 e. The number of rotatable bonds is 10. The lowest BCUT2D eigenvalue weighted by molar-refractivity contribution is -0.384. The number of aromatic nitrogens is 2. The minimum atomic E-state index is -0.486. The van der Waals surface area contributed by atoms with Crippen LogP contribution in [0.2, 0.25) is 0 Å². The third-order valence-corrected chi connectivity index (χ3v) is 5.78. The first kappa shape index (κ1) is 25.8. The van der Waals surface area contributed by atoms with Gasteiger partial charge >= 0.3 is 6.03 Å². The van der Waals surface area contributed by atoms with Crippen LogP contribution in [0.5, 0.6) is 0 Å². The molecule has 0 saturated carbocycles. The van der Waals surface area contributed by atoms with Crippen molar-refractivity contribution in [3.63, 3.8) is 0 Å². The Hall–Kier alpha value is -3.79. The summed E-state index contributed by atoms with van der Waals surface area (Å²) in [4.78, 5) is 45.8. The molecule has 2 amide bonds. The molecule has 0 aliphatic carbocycles. The van der Waals surface area contributed by atoms with Gasteiger partial charge in [-0.05, 0) is 51.2 Å². The number of para-hydroxylation sites is 1. The summed E-state index contributed by atoms with van der Waals surface area (Å²) in [6, 6.07) is 12.1. The van der Waals surface area contributed by atoms with Gasteiger partial charge in [-0.2, -0.15) is 0 Å². The molecule has 35 heavy (non-hydrogen) atoms. The molecule has 0 saturated heterocycles. The maximum absolute atomic E-state index is 13.5. The minimum Gasteiger partial charge on any atom is -0.313 e. The molecule has 1 N–H and O–H groups in total. The zero-order valence-corrected chi connectivity index (χ0v) is 20.6. The van der Waals surface area contributed by atoms with Crippen molar-refractivity contribution in [3.8, 4) is 0 Å². The van der Waals surface area contributed by atoms with Gasteiger partial charge in [0.05, 0.1) is 21.9 Å². The van der Waals surface area contributed by atoms with Gasteiger partial charge in [-0.15, -0.1) is 0 Å². The fraction of sp³-hybridized carbons (Fsp3) is 0.400. The lowest BCUT2D eigenvalue weighted by Gasteiger charge is -2.33. The monoisotopic (exact) mass is 480 g/mol. The number of likely N-dealkylation sites (N-methyl/N-ethyl adjacent to an activating group) is 1. The van der Waals surface area contributed by atoms with Crippen molar-refractivity contribution in [3.05, 3.63) is 74.8 Å². The summed E-state index contributed by atoms with van der Waals surface area (Å²) in [5.74, 6) is 0.552. The summed E-state index contributed by atoms with van der Waals surface area (Å²) in [6.07, 6.45) is 1.30. The molecule has 0 aliphatic heterocycles. The highest BCUT2D eigenvalue weighted by molar-refractivity contribution is 5.89. The second kappa shape index (κ2) is 11.6. The summed E-state index contributed by atoms with van der Waals surface area (Å²) in [7, 11) is 3.85. The Morgan fingerprint density at radius 3 is 2.40 bits per heavy atom. The Morgan fingerprint density at radius 2 is 1.80 bits per heavy atom. The topological polar surface area (TPSA) is 114 Å². The number of non-ortho nitro benzene ring substituents is 1. The molecule has 1 heterocycles. The molecule has 10 nitrogen and oxygen atoms in total. The fourth-order valence-corrected chi connectivity index (χ4v) is 3.99. The van der Waals surface area contributed by atoms with E-state index in [9.17, 15) is 19.7 Å². The van der Waals surface area contributed by atoms with Crippen LogP contribution in [0.15, 0.2) is 53.3 Å². The molecule has 0 aliphatic rings. The Kier molecular flexibility index (Phi) is 8.53. The van der Waals surface area contributed by atoms with E-state index < -0.39 is 11.0 Å². The Labute approximate surface area is 204 Å². The maximum atomic E-state index is 13.5. The first-order valence-electron chi connectivity index (χ1n) is 11.7. The van der Waals surface area contributed by atoms with E-state index in [4.69, 9.17) is 4.98 Å². The highest BCUT2D eigenvalue weighted by Crippen LogP contribution is 2.25. The van der Waals surface area contributed by atoms with E-state index in [1.807, 2.05) is 51.0 Å². The van der Waals surface area contributed by atoms with Gasteiger partial charge in [-0.1, -0.05) is 26.0 Å². The zero-order chi connectivity index (χ0) is 25.5. The van der Waals surface area contributed by atoms with Crippen molar-refractivity contribution < 1.29 is 9.72 Å². The van der Waals surface area contributed by atoms with Crippen molar-refractivity contribution in [2.24, 2.45) is 0 Å². The average Bonchev–Trinajstić information content (AvgIpc) is 2.83. The lowest BCUT2D eigenvalue weighted by atomic mass is 10.1. The number of nitrogens with zero attached hydrogens (tertiary/aromatic N) is 5. The van der Waals surface area contributed by atoms with Gasteiger partial charge in [0.1, 0.15) is 5.82 Å². The number of hydrogen-bond acceptors (Lipinski definition) is 6. The van der Waals surface area contributed by atoms with Crippen LogP contribution in [0.4, 0.5) is 16.2 Å². The van der Waals surface area contributed by atoms with E-state index in [1.54, 1.807) is 15.5 Å². The largest absolute Gasteiger partial charge is 0.322 e. The van der Waals surface area contributed by atoms with Crippen LogP contribution in [0, 0.1) is 10.1 Å². The van der Waals surface area contributed by atoms with Gasteiger partial charge < -0.3 is 15.1 Å². The molecule has 3 aromatic rings. The molecule has 2 aromatic carbocycles. The van der Waals surface area contributed by atoms with Crippen molar-refractivity contribution >= 4 is 28.3 Å². The average molecular weight is 481 g/mol. The van der Waals surface area contributed by atoms with Crippen molar-refractivity contribution in [2.75, 3.05) is 32.5 Å². The van der Waals surface area contributed by atoms with Crippen LogP contribution in [0.3, 0.4) is 0 Å². The normalized spacial score (nSPS) is 12.0. The van der Waals surface area contributed by atoms with Gasteiger partial charge in [-0.25, -0.2) is 9.78 Å². The van der Waals surface area contributed by atoms with E-state index in [0.29, 0.717) is 48.5 Å². The molecule has 1 atom stereocenters. The number of nitro benzene ring substituents is 1. The van der Waals surface area contributed by atoms with E-state index in [1.165, 1.54) is 24.3 Å². The van der Waals surface area contributed by atoms with Crippen molar-refractivity contribution in [1.82, 2.24) is 19.4 Å². The van der Waals surface area contributed by atoms with Crippen molar-refractivity contribution in [1.29, 1.82) is 0 Å². The first-order valence-corrected chi connectivity index (χ1v) is 11.7. The SMILES string of the molecule is CCCn1c(C(CC)N(CCN(C)C)C(=O)Nc2ccc([N+](=O)[O-])cc2)nc2ccccc2c1=O. The standard InChI is InChI=1S/C25H32N6O4/c1-5-15-30-23(27-21-10-8-7-9-20(21)24(30)32)22(6-2)29(17-16-28(3)4)25(33)26-18-11-13-19(14-12-18)31(34)35/h7-14,22H,5-6,15-17H2,1-4H3,(H,26,33). The molecular formula is C25H32N6O4. The molecule has 0 bridgehead atoms. The van der Waals surface area contributed by atoms with Gasteiger partial charge in [0.25, 0.3) is 11.2 Å².